The van der Waals surface area contributed by atoms with Crippen LogP contribution in [0.25, 0.3) is 0 Å². The molecule has 0 spiro atoms. The number of ether oxygens (including phenoxy) is 2. The Morgan fingerprint density at radius 3 is 2.44 bits per heavy atom. The summed E-state index contributed by atoms with van der Waals surface area (Å²) in [6.45, 7) is 6.84. The molecule has 0 radical (unpaired) electrons. The van der Waals surface area contributed by atoms with Gasteiger partial charge < -0.3 is 20.1 Å². The first-order valence-corrected chi connectivity index (χ1v) is 8.03. The molecule has 132 valence electrons. The SMILES string of the molecule is C=C(C)COc1cc(CNc2ccc(C(=O)NC)cc2)ccc1OC. The topological polar surface area (TPSA) is 59.6 Å². The van der Waals surface area contributed by atoms with Gasteiger partial charge in [0.2, 0.25) is 0 Å². The molecule has 5 heteroatoms. The maximum atomic E-state index is 11.5. The lowest BCUT2D eigenvalue weighted by atomic mass is 10.1. The summed E-state index contributed by atoms with van der Waals surface area (Å²) in [5.74, 6) is 1.29. The number of nitrogens with one attached hydrogen (secondary N) is 2. The van der Waals surface area contributed by atoms with Gasteiger partial charge in [0.05, 0.1) is 7.11 Å². The van der Waals surface area contributed by atoms with Crippen LogP contribution in [0, 0.1) is 0 Å². The predicted octanol–water partition coefficient (Wildman–Crippen LogP) is 3.62. The average Bonchev–Trinajstić information content (AvgIpc) is 2.64. The number of hydrogen-bond acceptors (Lipinski definition) is 4. The van der Waals surface area contributed by atoms with E-state index in [-0.39, 0.29) is 5.91 Å². The molecule has 2 N–H and O–H groups in total. The van der Waals surface area contributed by atoms with Crippen molar-refractivity contribution < 1.29 is 14.3 Å². The molecule has 0 heterocycles. The molecule has 0 unspecified atom stereocenters. The Morgan fingerprint density at radius 1 is 1.12 bits per heavy atom. The number of carbonyl (C=O) groups is 1. The van der Waals surface area contributed by atoms with Gasteiger partial charge >= 0.3 is 0 Å². The van der Waals surface area contributed by atoms with E-state index in [0.717, 1.165) is 16.8 Å². The fourth-order valence-corrected chi connectivity index (χ4v) is 2.23. The molecule has 0 aliphatic rings. The van der Waals surface area contributed by atoms with Crippen molar-refractivity contribution in [2.45, 2.75) is 13.5 Å². The van der Waals surface area contributed by atoms with Crippen LogP contribution in [-0.2, 0) is 6.54 Å². The Kier molecular flexibility index (Phi) is 6.46. The third-order valence-electron chi connectivity index (χ3n) is 3.57. The summed E-state index contributed by atoms with van der Waals surface area (Å²) in [7, 11) is 3.24. The molecule has 2 rings (SSSR count). The molecule has 0 aliphatic carbocycles. The second-order valence-electron chi connectivity index (χ2n) is 5.74. The van der Waals surface area contributed by atoms with Crippen LogP contribution in [0.1, 0.15) is 22.8 Å². The lowest BCUT2D eigenvalue weighted by Crippen LogP contribution is -2.17. The third kappa shape index (κ3) is 5.28. The molecule has 0 atom stereocenters. The van der Waals surface area contributed by atoms with E-state index in [1.807, 2.05) is 37.3 Å². The Balaban J connectivity index is 2.03. The van der Waals surface area contributed by atoms with Crippen molar-refractivity contribution in [2.75, 3.05) is 26.1 Å². The highest BCUT2D eigenvalue weighted by Gasteiger charge is 2.07. The smallest absolute Gasteiger partial charge is 0.251 e. The van der Waals surface area contributed by atoms with Gasteiger partial charge in [-0.2, -0.15) is 0 Å². The molecule has 0 aliphatic heterocycles. The van der Waals surface area contributed by atoms with Crippen LogP contribution in [0.15, 0.2) is 54.6 Å². The van der Waals surface area contributed by atoms with Crippen molar-refractivity contribution in [3.05, 3.63) is 65.7 Å². The molecule has 0 saturated carbocycles. The number of rotatable bonds is 8. The summed E-state index contributed by atoms with van der Waals surface area (Å²) in [5.41, 5.74) is 3.58. The molecule has 0 aromatic heterocycles. The maximum Gasteiger partial charge on any atom is 0.251 e. The second-order valence-corrected chi connectivity index (χ2v) is 5.74. The summed E-state index contributed by atoms with van der Waals surface area (Å²) in [4.78, 5) is 11.5. The fourth-order valence-electron chi connectivity index (χ4n) is 2.23. The normalized spacial score (nSPS) is 10.0. The maximum absolute atomic E-state index is 11.5. The van der Waals surface area contributed by atoms with E-state index < -0.39 is 0 Å². The summed E-state index contributed by atoms with van der Waals surface area (Å²) >= 11 is 0. The van der Waals surface area contributed by atoms with Crippen LogP contribution in [0.3, 0.4) is 0 Å². The van der Waals surface area contributed by atoms with Gasteiger partial charge in [0, 0.05) is 24.8 Å². The van der Waals surface area contributed by atoms with Gasteiger partial charge in [0.15, 0.2) is 11.5 Å². The molecule has 0 fully saturated rings. The van der Waals surface area contributed by atoms with Crippen molar-refractivity contribution in [1.82, 2.24) is 5.32 Å². The van der Waals surface area contributed by atoms with Gasteiger partial charge in [0.25, 0.3) is 5.91 Å². The number of hydrogen-bond donors (Lipinski definition) is 2. The molecule has 5 nitrogen and oxygen atoms in total. The number of benzene rings is 2. The molecule has 0 saturated heterocycles. The Hall–Kier alpha value is -2.95. The minimum atomic E-state index is -0.0963. The van der Waals surface area contributed by atoms with Gasteiger partial charge in [-0.05, 0) is 54.5 Å². The minimum absolute atomic E-state index is 0.0963. The van der Waals surface area contributed by atoms with Crippen molar-refractivity contribution >= 4 is 11.6 Å². The largest absolute Gasteiger partial charge is 0.493 e. The highest BCUT2D eigenvalue weighted by atomic mass is 16.5. The zero-order valence-electron chi connectivity index (χ0n) is 14.9. The lowest BCUT2D eigenvalue weighted by molar-refractivity contribution is 0.0963. The number of methoxy groups -OCH3 is 1. The van der Waals surface area contributed by atoms with Crippen molar-refractivity contribution in [3.63, 3.8) is 0 Å². The number of anilines is 1. The van der Waals surface area contributed by atoms with Crippen molar-refractivity contribution in [3.8, 4) is 11.5 Å². The average molecular weight is 340 g/mol. The van der Waals surface area contributed by atoms with Gasteiger partial charge in [-0.3, -0.25) is 4.79 Å². The Bertz CT molecular complexity index is 739. The van der Waals surface area contributed by atoms with E-state index in [1.165, 1.54) is 0 Å². The Labute approximate surface area is 148 Å². The van der Waals surface area contributed by atoms with E-state index in [1.54, 1.807) is 26.3 Å². The van der Waals surface area contributed by atoms with E-state index in [0.29, 0.717) is 30.2 Å². The molecular formula is C20H24N2O3. The Morgan fingerprint density at radius 2 is 1.84 bits per heavy atom. The van der Waals surface area contributed by atoms with Crippen molar-refractivity contribution in [2.24, 2.45) is 0 Å². The van der Waals surface area contributed by atoms with Crippen LogP contribution in [0.2, 0.25) is 0 Å². The highest BCUT2D eigenvalue weighted by molar-refractivity contribution is 5.94. The molecule has 25 heavy (non-hydrogen) atoms. The van der Waals surface area contributed by atoms with Gasteiger partial charge in [-0.1, -0.05) is 12.6 Å². The summed E-state index contributed by atoms with van der Waals surface area (Å²) in [6.07, 6.45) is 0. The third-order valence-corrected chi connectivity index (χ3v) is 3.57. The molecular weight excluding hydrogens is 316 g/mol. The molecule has 0 bridgehead atoms. The molecule has 1 amide bonds. The van der Waals surface area contributed by atoms with Gasteiger partial charge in [-0.15, -0.1) is 0 Å². The number of amides is 1. The second kappa shape index (κ2) is 8.78. The summed E-state index contributed by atoms with van der Waals surface area (Å²) in [6, 6.07) is 13.2. The van der Waals surface area contributed by atoms with Crippen LogP contribution in [-0.4, -0.2) is 26.7 Å². The lowest BCUT2D eigenvalue weighted by Gasteiger charge is -2.13. The first kappa shape index (κ1) is 18.4. The van der Waals surface area contributed by atoms with E-state index in [2.05, 4.69) is 17.2 Å². The van der Waals surface area contributed by atoms with E-state index in [4.69, 9.17) is 9.47 Å². The number of carbonyl (C=O) groups excluding carboxylic acids is 1. The standard InChI is InChI=1S/C20H24N2O3/c1-14(2)13-25-19-11-15(5-10-18(19)24-4)12-22-17-8-6-16(7-9-17)20(23)21-3/h5-11,22H,1,12-13H2,2-4H3,(H,21,23). The van der Waals surface area contributed by atoms with Gasteiger partial charge in [0.1, 0.15) is 6.61 Å². The van der Waals surface area contributed by atoms with E-state index >= 15 is 0 Å². The predicted molar refractivity (Wildman–Crippen MR) is 100 cm³/mol. The summed E-state index contributed by atoms with van der Waals surface area (Å²) < 4.78 is 11.1. The van der Waals surface area contributed by atoms with E-state index in [9.17, 15) is 4.79 Å². The van der Waals surface area contributed by atoms with Gasteiger partial charge in [-0.25, -0.2) is 0 Å². The fraction of sp³-hybridized carbons (Fsp3) is 0.250. The van der Waals surface area contributed by atoms with Crippen LogP contribution in [0.4, 0.5) is 5.69 Å². The van der Waals surface area contributed by atoms with Crippen LogP contribution < -0.4 is 20.1 Å². The first-order chi connectivity index (χ1) is 12.0. The zero-order valence-corrected chi connectivity index (χ0v) is 14.9. The minimum Gasteiger partial charge on any atom is -0.493 e. The summed E-state index contributed by atoms with van der Waals surface area (Å²) in [5, 5.41) is 5.93. The van der Waals surface area contributed by atoms with Crippen LogP contribution in [0.5, 0.6) is 11.5 Å². The zero-order chi connectivity index (χ0) is 18.2. The van der Waals surface area contributed by atoms with Crippen LogP contribution >= 0.6 is 0 Å². The molecule has 2 aromatic rings. The van der Waals surface area contributed by atoms with Crippen molar-refractivity contribution in [1.29, 1.82) is 0 Å². The first-order valence-electron chi connectivity index (χ1n) is 8.03. The monoisotopic (exact) mass is 340 g/mol. The highest BCUT2D eigenvalue weighted by Crippen LogP contribution is 2.28. The molecule has 2 aromatic carbocycles. The quantitative estimate of drug-likeness (QED) is 0.721.